The van der Waals surface area contributed by atoms with Crippen molar-refractivity contribution in [3.63, 3.8) is 0 Å². The van der Waals surface area contributed by atoms with Crippen LogP contribution in [-0.4, -0.2) is 42.5 Å². The number of ether oxygens (including phenoxy) is 2. The highest BCUT2D eigenvalue weighted by Crippen LogP contribution is 2.21. The molecule has 2 N–H and O–H groups in total. The van der Waals surface area contributed by atoms with Crippen LogP contribution in [0.4, 0.5) is 0 Å². The summed E-state index contributed by atoms with van der Waals surface area (Å²) in [4.78, 5) is 24.2. The molecule has 1 aliphatic rings. The lowest BCUT2D eigenvalue weighted by Crippen LogP contribution is -2.21. The minimum Gasteiger partial charge on any atom is -0.459 e. The Morgan fingerprint density at radius 1 is 0.750 bits per heavy atom. The van der Waals surface area contributed by atoms with Gasteiger partial charge in [0.25, 0.3) is 0 Å². The lowest BCUT2D eigenvalue weighted by Gasteiger charge is -2.21. The third-order valence-corrected chi connectivity index (χ3v) is 4.14. The Kier molecular flexibility index (Phi) is 11.2. The molecule has 152 valence electrons. The van der Waals surface area contributed by atoms with E-state index in [0.29, 0.717) is 16.9 Å². The molecule has 6 nitrogen and oxygen atoms in total. The second-order valence-corrected chi connectivity index (χ2v) is 5.95. The zero-order valence-corrected chi connectivity index (χ0v) is 16.3. The van der Waals surface area contributed by atoms with Crippen molar-refractivity contribution in [2.45, 2.75) is 38.2 Å². The predicted molar refractivity (Wildman–Crippen MR) is 106 cm³/mol. The van der Waals surface area contributed by atoms with Crippen molar-refractivity contribution in [1.29, 1.82) is 0 Å². The normalized spacial score (nSPS) is 13.1. The smallest absolute Gasteiger partial charge is 0.343 e. The molecule has 1 aliphatic carbocycles. The number of esters is 2. The molecule has 3 rings (SSSR count). The number of para-hydroxylation sites is 1. The van der Waals surface area contributed by atoms with Crippen LogP contribution >= 0.6 is 0 Å². The Morgan fingerprint density at radius 3 is 1.79 bits per heavy atom. The lowest BCUT2D eigenvalue weighted by atomic mass is 9.98. The summed E-state index contributed by atoms with van der Waals surface area (Å²) in [6.45, 7) is 0. The van der Waals surface area contributed by atoms with Gasteiger partial charge in [0, 0.05) is 14.2 Å². The van der Waals surface area contributed by atoms with Crippen LogP contribution in [0, 0.1) is 0 Å². The van der Waals surface area contributed by atoms with Crippen molar-refractivity contribution in [3.8, 4) is 5.75 Å². The number of carbonyl (C=O) groups is 2. The van der Waals surface area contributed by atoms with Crippen molar-refractivity contribution >= 4 is 11.9 Å². The number of aliphatic hydroxyl groups is 2. The Labute approximate surface area is 165 Å². The molecule has 0 amide bonds. The molecule has 1 saturated carbocycles. The van der Waals surface area contributed by atoms with Gasteiger partial charge in [0.05, 0.1) is 11.1 Å². The molecule has 0 heterocycles. The Morgan fingerprint density at radius 2 is 1.25 bits per heavy atom. The molecular formula is C22H28O6. The topological polar surface area (TPSA) is 93.1 Å². The average molecular weight is 388 g/mol. The van der Waals surface area contributed by atoms with Crippen LogP contribution in [0.25, 0.3) is 0 Å². The molecule has 2 aromatic carbocycles. The van der Waals surface area contributed by atoms with E-state index in [1.54, 1.807) is 48.5 Å². The van der Waals surface area contributed by atoms with Crippen molar-refractivity contribution in [1.82, 2.24) is 0 Å². The van der Waals surface area contributed by atoms with Gasteiger partial charge in [0.2, 0.25) is 0 Å². The zero-order valence-electron chi connectivity index (χ0n) is 16.3. The summed E-state index contributed by atoms with van der Waals surface area (Å²) in [5.74, 6) is -0.290. The second kappa shape index (κ2) is 13.5. The monoisotopic (exact) mass is 388 g/mol. The molecule has 0 unspecified atom stereocenters. The molecular weight excluding hydrogens is 360 g/mol. The average Bonchev–Trinajstić information content (AvgIpc) is 2.78. The molecule has 1 fully saturated rings. The highest BCUT2D eigenvalue weighted by molar-refractivity contribution is 5.94. The maximum absolute atomic E-state index is 12.1. The van der Waals surface area contributed by atoms with E-state index in [2.05, 4.69) is 0 Å². The van der Waals surface area contributed by atoms with Crippen molar-refractivity contribution in [2.24, 2.45) is 0 Å². The molecule has 0 aromatic heterocycles. The highest BCUT2D eigenvalue weighted by Gasteiger charge is 2.19. The fraction of sp³-hybridized carbons (Fsp3) is 0.364. The summed E-state index contributed by atoms with van der Waals surface area (Å²) in [5.41, 5.74) is 0.852. The summed E-state index contributed by atoms with van der Waals surface area (Å²) in [6.07, 6.45) is 5.34. The minimum atomic E-state index is -0.451. The molecule has 0 saturated heterocycles. The van der Waals surface area contributed by atoms with Crippen LogP contribution in [0.1, 0.15) is 52.8 Å². The van der Waals surface area contributed by atoms with Crippen molar-refractivity contribution < 1.29 is 29.3 Å². The van der Waals surface area contributed by atoms with Gasteiger partial charge in [0.1, 0.15) is 11.9 Å². The highest BCUT2D eigenvalue weighted by atomic mass is 16.5. The third-order valence-electron chi connectivity index (χ3n) is 4.14. The van der Waals surface area contributed by atoms with E-state index in [1.165, 1.54) is 6.42 Å². The van der Waals surface area contributed by atoms with Gasteiger partial charge in [-0.25, -0.2) is 9.59 Å². The first-order valence-corrected chi connectivity index (χ1v) is 9.20. The fourth-order valence-electron chi connectivity index (χ4n) is 2.80. The first-order valence-electron chi connectivity index (χ1n) is 9.20. The summed E-state index contributed by atoms with van der Waals surface area (Å²) in [7, 11) is 2.00. The SMILES string of the molecule is CO.CO.O=C(Oc1ccccc1)c1ccc(C(=O)OC2CCCCC2)cc1. The fourth-order valence-corrected chi connectivity index (χ4v) is 2.80. The Hall–Kier alpha value is -2.70. The van der Waals surface area contributed by atoms with E-state index in [-0.39, 0.29) is 12.1 Å². The van der Waals surface area contributed by atoms with Gasteiger partial charge < -0.3 is 19.7 Å². The van der Waals surface area contributed by atoms with Gasteiger partial charge >= 0.3 is 11.9 Å². The summed E-state index contributed by atoms with van der Waals surface area (Å²) in [6, 6.07) is 15.3. The van der Waals surface area contributed by atoms with Crippen LogP contribution in [-0.2, 0) is 4.74 Å². The molecule has 0 radical (unpaired) electrons. The molecule has 0 atom stereocenters. The largest absolute Gasteiger partial charge is 0.459 e. The number of hydrogen-bond donors (Lipinski definition) is 2. The first-order chi connectivity index (χ1) is 13.7. The maximum atomic E-state index is 12.1. The zero-order chi connectivity index (χ0) is 20.8. The van der Waals surface area contributed by atoms with Gasteiger partial charge in [-0.05, 0) is 62.1 Å². The number of hydrogen-bond acceptors (Lipinski definition) is 6. The van der Waals surface area contributed by atoms with E-state index in [4.69, 9.17) is 19.7 Å². The van der Waals surface area contributed by atoms with E-state index >= 15 is 0 Å². The van der Waals surface area contributed by atoms with Gasteiger partial charge in [-0.15, -0.1) is 0 Å². The van der Waals surface area contributed by atoms with Crippen LogP contribution in [0.2, 0.25) is 0 Å². The van der Waals surface area contributed by atoms with E-state index < -0.39 is 5.97 Å². The predicted octanol–water partition coefficient (Wildman–Crippen LogP) is 3.61. The van der Waals surface area contributed by atoms with Crippen LogP contribution in [0.5, 0.6) is 5.75 Å². The molecule has 6 heteroatoms. The van der Waals surface area contributed by atoms with Gasteiger partial charge in [0.15, 0.2) is 0 Å². The number of carbonyl (C=O) groups excluding carboxylic acids is 2. The first kappa shape index (κ1) is 23.3. The molecule has 2 aromatic rings. The quantitative estimate of drug-likeness (QED) is 0.614. The number of aliphatic hydroxyl groups excluding tert-OH is 2. The van der Waals surface area contributed by atoms with Gasteiger partial charge in [-0.3, -0.25) is 0 Å². The maximum Gasteiger partial charge on any atom is 0.343 e. The molecule has 0 spiro atoms. The standard InChI is InChI=1S/C20H20O4.2CH4O/c21-19(23-17-7-3-1-4-8-17)15-11-13-16(14-12-15)20(22)24-18-9-5-2-6-10-18;2*1-2/h1,3-4,7-8,11-14,18H,2,5-6,9-10H2;2*2H,1H3. The van der Waals surface area contributed by atoms with E-state index in [9.17, 15) is 9.59 Å². The van der Waals surface area contributed by atoms with E-state index in [1.807, 2.05) is 6.07 Å². The van der Waals surface area contributed by atoms with Crippen molar-refractivity contribution in [3.05, 3.63) is 65.7 Å². The lowest BCUT2D eigenvalue weighted by molar-refractivity contribution is 0.0211. The third kappa shape index (κ3) is 7.50. The Balaban J connectivity index is 0.000000921. The summed E-state index contributed by atoms with van der Waals surface area (Å²) < 4.78 is 10.8. The molecule has 28 heavy (non-hydrogen) atoms. The Bertz CT molecular complexity index is 691. The minimum absolute atomic E-state index is 0.0222. The number of rotatable bonds is 4. The van der Waals surface area contributed by atoms with Crippen LogP contribution in [0.15, 0.2) is 54.6 Å². The van der Waals surface area contributed by atoms with Gasteiger partial charge in [-0.2, -0.15) is 0 Å². The molecule has 0 bridgehead atoms. The van der Waals surface area contributed by atoms with Crippen LogP contribution < -0.4 is 4.74 Å². The number of benzene rings is 2. The summed E-state index contributed by atoms with van der Waals surface area (Å²) in [5, 5.41) is 14.0. The van der Waals surface area contributed by atoms with Crippen molar-refractivity contribution in [2.75, 3.05) is 14.2 Å². The second-order valence-electron chi connectivity index (χ2n) is 5.95. The summed E-state index contributed by atoms with van der Waals surface area (Å²) >= 11 is 0. The molecule has 0 aliphatic heterocycles. The van der Waals surface area contributed by atoms with Crippen LogP contribution in [0.3, 0.4) is 0 Å². The van der Waals surface area contributed by atoms with Gasteiger partial charge in [-0.1, -0.05) is 24.6 Å². The van der Waals surface area contributed by atoms with E-state index in [0.717, 1.165) is 39.9 Å².